The minimum Gasteiger partial charge on any atom is -0.486 e. The molecule has 1 amide bonds. The Bertz CT molecular complexity index is 1110. The van der Waals surface area contributed by atoms with Crippen molar-refractivity contribution in [3.63, 3.8) is 0 Å². The van der Waals surface area contributed by atoms with Gasteiger partial charge in [-0.3, -0.25) is 14.2 Å². The Morgan fingerprint density at radius 1 is 1.18 bits per heavy atom. The van der Waals surface area contributed by atoms with Gasteiger partial charge in [-0.15, -0.1) is 0 Å². The first-order valence-electron chi connectivity index (χ1n) is 8.78. The van der Waals surface area contributed by atoms with E-state index in [9.17, 15) is 14.0 Å². The zero-order valence-electron chi connectivity index (χ0n) is 15.2. The Labute approximate surface area is 159 Å². The summed E-state index contributed by atoms with van der Waals surface area (Å²) in [5.41, 5.74) is 0.768. The van der Waals surface area contributed by atoms with Crippen LogP contribution in [0.4, 0.5) is 4.39 Å². The van der Waals surface area contributed by atoms with Gasteiger partial charge in [-0.2, -0.15) is 0 Å². The van der Waals surface area contributed by atoms with Crippen LogP contribution >= 0.6 is 0 Å². The lowest BCUT2D eigenvalue weighted by atomic mass is 10.2. The fourth-order valence-corrected chi connectivity index (χ4v) is 3.06. The van der Waals surface area contributed by atoms with E-state index in [4.69, 9.17) is 9.47 Å². The predicted octanol–water partition coefficient (Wildman–Crippen LogP) is 1.97. The molecule has 1 aliphatic rings. The third kappa shape index (κ3) is 3.53. The highest BCUT2D eigenvalue weighted by atomic mass is 19.1. The van der Waals surface area contributed by atoms with E-state index in [-0.39, 0.29) is 28.9 Å². The number of fused-ring (bicyclic) bond motifs is 2. The molecule has 7 nitrogen and oxygen atoms in total. The van der Waals surface area contributed by atoms with Gasteiger partial charge < -0.3 is 14.4 Å². The molecule has 2 heterocycles. The fourth-order valence-electron chi connectivity index (χ4n) is 3.06. The average molecular weight is 383 g/mol. The molecule has 2 aromatic carbocycles. The molecule has 1 aliphatic heterocycles. The highest BCUT2D eigenvalue weighted by molar-refractivity contribution is 5.79. The molecule has 0 saturated heterocycles. The van der Waals surface area contributed by atoms with Gasteiger partial charge in [-0.25, -0.2) is 9.37 Å². The van der Waals surface area contributed by atoms with Crippen LogP contribution in [0.25, 0.3) is 10.9 Å². The molecule has 0 unspecified atom stereocenters. The van der Waals surface area contributed by atoms with Crippen molar-refractivity contribution in [3.05, 3.63) is 64.5 Å². The minimum atomic E-state index is -0.465. The Morgan fingerprint density at radius 2 is 1.96 bits per heavy atom. The molecular weight excluding hydrogens is 365 g/mol. The largest absolute Gasteiger partial charge is 0.486 e. The van der Waals surface area contributed by atoms with Gasteiger partial charge in [-0.1, -0.05) is 6.07 Å². The van der Waals surface area contributed by atoms with Crippen LogP contribution in [-0.4, -0.2) is 40.6 Å². The molecule has 0 atom stereocenters. The maximum atomic E-state index is 13.3. The molecule has 0 aliphatic carbocycles. The molecule has 0 bridgehead atoms. The van der Waals surface area contributed by atoms with E-state index < -0.39 is 5.82 Å². The number of amides is 1. The van der Waals surface area contributed by atoms with Gasteiger partial charge >= 0.3 is 0 Å². The van der Waals surface area contributed by atoms with Crippen LogP contribution in [0, 0.1) is 5.82 Å². The van der Waals surface area contributed by atoms with Crippen LogP contribution < -0.4 is 15.0 Å². The average Bonchev–Trinajstić information content (AvgIpc) is 2.70. The van der Waals surface area contributed by atoms with Gasteiger partial charge in [0.15, 0.2) is 11.5 Å². The number of ether oxygens (including phenoxy) is 2. The van der Waals surface area contributed by atoms with Crippen molar-refractivity contribution in [1.29, 1.82) is 0 Å². The van der Waals surface area contributed by atoms with Crippen molar-refractivity contribution in [3.8, 4) is 11.5 Å². The normalized spacial score (nSPS) is 12.8. The lowest BCUT2D eigenvalue weighted by molar-refractivity contribution is -0.131. The molecule has 0 radical (unpaired) electrons. The molecular formula is C20H18FN3O4. The number of benzene rings is 2. The molecule has 4 rings (SSSR count). The van der Waals surface area contributed by atoms with Gasteiger partial charge in [0.1, 0.15) is 25.6 Å². The van der Waals surface area contributed by atoms with Crippen molar-refractivity contribution >= 4 is 16.8 Å². The SMILES string of the molecule is CN(Cc1ccc2c(c1)OCCO2)C(=O)Cn1cnc2cc(F)ccc2c1=O. The number of rotatable bonds is 4. The van der Waals surface area contributed by atoms with Crippen molar-refractivity contribution in [1.82, 2.24) is 14.5 Å². The minimum absolute atomic E-state index is 0.153. The van der Waals surface area contributed by atoms with E-state index in [2.05, 4.69) is 4.98 Å². The molecule has 0 spiro atoms. The maximum absolute atomic E-state index is 13.3. The summed E-state index contributed by atoms with van der Waals surface area (Å²) in [6.07, 6.45) is 1.26. The zero-order chi connectivity index (χ0) is 19.7. The summed E-state index contributed by atoms with van der Waals surface area (Å²) in [6, 6.07) is 9.30. The van der Waals surface area contributed by atoms with Crippen molar-refractivity contribution in [2.24, 2.45) is 0 Å². The first-order valence-corrected chi connectivity index (χ1v) is 8.78. The van der Waals surface area contributed by atoms with Gasteiger partial charge in [0.25, 0.3) is 5.56 Å². The predicted molar refractivity (Wildman–Crippen MR) is 99.9 cm³/mol. The van der Waals surface area contributed by atoms with Gasteiger partial charge in [0.2, 0.25) is 5.91 Å². The zero-order valence-corrected chi connectivity index (χ0v) is 15.2. The second-order valence-corrected chi connectivity index (χ2v) is 6.57. The molecule has 0 saturated carbocycles. The molecule has 0 fully saturated rings. The smallest absolute Gasteiger partial charge is 0.261 e. The highest BCUT2D eigenvalue weighted by Gasteiger charge is 2.16. The highest BCUT2D eigenvalue weighted by Crippen LogP contribution is 2.31. The van der Waals surface area contributed by atoms with E-state index in [1.807, 2.05) is 18.2 Å². The van der Waals surface area contributed by atoms with Gasteiger partial charge in [0.05, 0.1) is 17.2 Å². The summed E-state index contributed by atoms with van der Waals surface area (Å²) < 4.78 is 25.5. The van der Waals surface area contributed by atoms with E-state index >= 15 is 0 Å². The molecule has 1 aromatic heterocycles. The molecule has 28 heavy (non-hydrogen) atoms. The lowest BCUT2D eigenvalue weighted by Gasteiger charge is -2.21. The van der Waals surface area contributed by atoms with E-state index in [1.54, 1.807) is 7.05 Å². The number of carbonyl (C=O) groups is 1. The third-order valence-electron chi connectivity index (χ3n) is 4.54. The van der Waals surface area contributed by atoms with Crippen molar-refractivity contribution < 1.29 is 18.7 Å². The molecule has 0 N–H and O–H groups in total. The van der Waals surface area contributed by atoms with Gasteiger partial charge in [0, 0.05) is 19.7 Å². The summed E-state index contributed by atoms with van der Waals surface area (Å²) in [4.78, 5) is 30.7. The fraction of sp³-hybridized carbons (Fsp3) is 0.250. The molecule has 8 heteroatoms. The van der Waals surface area contributed by atoms with Crippen LogP contribution in [0.15, 0.2) is 47.5 Å². The van der Waals surface area contributed by atoms with E-state index in [0.717, 1.165) is 5.56 Å². The second-order valence-electron chi connectivity index (χ2n) is 6.57. The van der Waals surface area contributed by atoms with Crippen molar-refractivity contribution in [2.75, 3.05) is 20.3 Å². The van der Waals surface area contributed by atoms with Crippen LogP contribution in [0.2, 0.25) is 0 Å². The number of hydrogen-bond acceptors (Lipinski definition) is 5. The number of halogens is 1. The Morgan fingerprint density at radius 3 is 2.79 bits per heavy atom. The number of hydrogen-bond donors (Lipinski definition) is 0. The summed E-state index contributed by atoms with van der Waals surface area (Å²) in [5.74, 6) is 0.633. The standard InChI is InChI=1S/C20H18FN3O4/c1-23(10-13-2-5-17-18(8-13)28-7-6-27-17)19(25)11-24-12-22-16-9-14(21)3-4-15(16)20(24)26/h2-5,8-9,12H,6-7,10-11H2,1H3. The van der Waals surface area contributed by atoms with Crippen LogP contribution in [-0.2, 0) is 17.9 Å². The second kappa shape index (κ2) is 7.30. The number of likely N-dealkylation sites (N-methyl/N-ethyl adjacent to an activating group) is 1. The molecule has 3 aromatic rings. The van der Waals surface area contributed by atoms with Crippen molar-refractivity contribution in [2.45, 2.75) is 13.1 Å². The molecule has 144 valence electrons. The monoisotopic (exact) mass is 383 g/mol. The summed E-state index contributed by atoms with van der Waals surface area (Å²) in [7, 11) is 1.66. The third-order valence-corrected chi connectivity index (χ3v) is 4.54. The summed E-state index contributed by atoms with van der Waals surface area (Å²) in [5, 5.41) is 0.270. The lowest BCUT2D eigenvalue weighted by Crippen LogP contribution is -2.33. The van der Waals surface area contributed by atoms with E-state index in [0.29, 0.717) is 31.3 Å². The number of nitrogens with zero attached hydrogens (tertiary/aromatic N) is 3. The van der Waals surface area contributed by atoms with E-state index in [1.165, 1.54) is 34.0 Å². The number of carbonyl (C=O) groups excluding carboxylic acids is 1. The Hall–Kier alpha value is -3.42. The Kier molecular flexibility index (Phi) is 4.68. The Balaban J connectivity index is 1.49. The quantitative estimate of drug-likeness (QED) is 0.689. The number of aromatic nitrogens is 2. The van der Waals surface area contributed by atoms with Crippen LogP contribution in [0.5, 0.6) is 11.5 Å². The topological polar surface area (TPSA) is 73.7 Å². The van der Waals surface area contributed by atoms with Crippen LogP contribution in [0.3, 0.4) is 0 Å². The summed E-state index contributed by atoms with van der Waals surface area (Å²) in [6.45, 7) is 1.22. The van der Waals surface area contributed by atoms with Crippen LogP contribution in [0.1, 0.15) is 5.56 Å². The summed E-state index contributed by atoms with van der Waals surface area (Å²) >= 11 is 0. The van der Waals surface area contributed by atoms with Gasteiger partial charge in [-0.05, 0) is 29.8 Å². The maximum Gasteiger partial charge on any atom is 0.261 e. The first kappa shape index (κ1) is 18.0. The first-order chi connectivity index (χ1) is 13.5.